The molecule has 0 aliphatic rings. The summed E-state index contributed by atoms with van der Waals surface area (Å²) in [7, 11) is 4.11. The van der Waals surface area contributed by atoms with Crippen molar-refractivity contribution >= 4 is 17.3 Å². The van der Waals surface area contributed by atoms with Crippen LogP contribution >= 0.6 is 11.6 Å². The summed E-state index contributed by atoms with van der Waals surface area (Å²) in [4.78, 5) is 2.11. The van der Waals surface area contributed by atoms with Crippen molar-refractivity contribution in [3.05, 3.63) is 64.7 Å². The highest BCUT2D eigenvalue weighted by atomic mass is 35.5. The zero-order chi connectivity index (χ0) is 15.2. The fourth-order valence-corrected chi connectivity index (χ4v) is 2.47. The largest absolute Gasteiger partial charge is 0.378 e. The SMILES string of the molecule is CCC(NCc1ccc(N(C)C)cc1)c1ccc(Cl)cc1. The Kier molecular flexibility index (Phi) is 5.66. The van der Waals surface area contributed by atoms with Crippen LogP contribution in [-0.2, 0) is 6.54 Å². The molecule has 0 amide bonds. The zero-order valence-corrected chi connectivity index (χ0v) is 13.7. The minimum atomic E-state index is 0.357. The van der Waals surface area contributed by atoms with Crippen LogP contribution in [0.25, 0.3) is 0 Å². The molecule has 0 aromatic heterocycles. The number of anilines is 1. The van der Waals surface area contributed by atoms with Crippen LogP contribution in [0.4, 0.5) is 5.69 Å². The molecule has 2 rings (SSSR count). The molecule has 1 unspecified atom stereocenters. The van der Waals surface area contributed by atoms with E-state index in [1.807, 2.05) is 12.1 Å². The number of halogens is 1. The van der Waals surface area contributed by atoms with E-state index in [9.17, 15) is 0 Å². The third-order valence-electron chi connectivity index (χ3n) is 3.69. The molecule has 0 bridgehead atoms. The molecule has 0 spiro atoms. The Morgan fingerprint density at radius 3 is 2.14 bits per heavy atom. The van der Waals surface area contributed by atoms with Crippen molar-refractivity contribution in [2.45, 2.75) is 25.9 Å². The average molecular weight is 303 g/mol. The van der Waals surface area contributed by atoms with Crippen molar-refractivity contribution in [3.8, 4) is 0 Å². The molecule has 3 heteroatoms. The van der Waals surface area contributed by atoms with E-state index >= 15 is 0 Å². The Hall–Kier alpha value is -1.51. The summed E-state index contributed by atoms with van der Waals surface area (Å²) >= 11 is 5.95. The Bertz CT molecular complexity index is 546. The average Bonchev–Trinajstić information content (AvgIpc) is 2.50. The first kappa shape index (κ1) is 15.9. The van der Waals surface area contributed by atoms with E-state index in [-0.39, 0.29) is 0 Å². The highest BCUT2D eigenvalue weighted by Gasteiger charge is 2.08. The molecule has 112 valence electrons. The third kappa shape index (κ3) is 4.48. The summed E-state index contributed by atoms with van der Waals surface area (Å²) in [6.45, 7) is 3.07. The van der Waals surface area contributed by atoms with Gasteiger partial charge in [0.1, 0.15) is 0 Å². The molecule has 0 heterocycles. The summed E-state index contributed by atoms with van der Waals surface area (Å²) in [6.07, 6.45) is 1.05. The van der Waals surface area contributed by atoms with Crippen LogP contribution in [-0.4, -0.2) is 14.1 Å². The normalized spacial score (nSPS) is 12.2. The topological polar surface area (TPSA) is 15.3 Å². The van der Waals surface area contributed by atoms with Crippen LogP contribution < -0.4 is 10.2 Å². The van der Waals surface area contributed by atoms with Crippen LogP contribution in [0.2, 0.25) is 5.02 Å². The molecule has 1 N–H and O–H groups in total. The predicted octanol–water partition coefficient (Wildman–Crippen LogP) is 4.65. The Morgan fingerprint density at radius 1 is 1.00 bits per heavy atom. The molecule has 2 aromatic rings. The van der Waals surface area contributed by atoms with E-state index in [4.69, 9.17) is 11.6 Å². The lowest BCUT2D eigenvalue weighted by Crippen LogP contribution is -2.20. The van der Waals surface area contributed by atoms with Crippen LogP contribution in [0.5, 0.6) is 0 Å². The van der Waals surface area contributed by atoms with E-state index in [0.29, 0.717) is 6.04 Å². The second-order valence-electron chi connectivity index (χ2n) is 5.45. The molecule has 1 atom stereocenters. The first-order valence-electron chi connectivity index (χ1n) is 7.35. The molecule has 21 heavy (non-hydrogen) atoms. The van der Waals surface area contributed by atoms with Crippen molar-refractivity contribution < 1.29 is 0 Å². The van der Waals surface area contributed by atoms with Gasteiger partial charge < -0.3 is 10.2 Å². The highest BCUT2D eigenvalue weighted by Crippen LogP contribution is 2.20. The summed E-state index contributed by atoms with van der Waals surface area (Å²) in [5, 5.41) is 4.40. The molecular weight excluding hydrogens is 280 g/mol. The lowest BCUT2D eigenvalue weighted by molar-refractivity contribution is 0.519. The maximum absolute atomic E-state index is 5.95. The predicted molar refractivity (Wildman–Crippen MR) is 92.1 cm³/mol. The minimum absolute atomic E-state index is 0.357. The number of rotatable bonds is 6. The van der Waals surface area contributed by atoms with Gasteiger partial charge in [-0.25, -0.2) is 0 Å². The lowest BCUT2D eigenvalue weighted by Gasteiger charge is -2.18. The summed E-state index contributed by atoms with van der Waals surface area (Å²) in [5.41, 5.74) is 3.81. The Morgan fingerprint density at radius 2 is 1.62 bits per heavy atom. The second kappa shape index (κ2) is 7.48. The van der Waals surface area contributed by atoms with Gasteiger partial charge in [-0.05, 0) is 41.8 Å². The van der Waals surface area contributed by atoms with Crippen molar-refractivity contribution in [1.29, 1.82) is 0 Å². The Balaban J connectivity index is 1.98. The molecule has 2 aromatic carbocycles. The van der Waals surface area contributed by atoms with E-state index in [1.54, 1.807) is 0 Å². The van der Waals surface area contributed by atoms with Crippen molar-refractivity contribution in [3.63, 3.8) is 0 Å². The lowest BCUT2D eigenvalue weighted by atomic mass is 10.0. The van der Waals surface area contributed by atoms with E-state index in [1.165, 1.54) is 16.8 Å². The van der Waals surface area contributed by atoms with Gasteiger partial charge in [0.25, 0.3) is 0 Å². The number of hydrogen-bond donors (Lipinski definition) is 1. The van der Waals surface area contributed by atoms with Crippen LogP contribution in [0.3, 0.4) is 0 Å². The van der Waals surface area contributed by atoms with Gasteiger partial charge in [0.2, 0.25) is 0 Å². The molecule has 0 saturated carbocycles. The Labute approximate surface area is 132 Å². The van der Waals surface area contributed by atoms with Gasteiger partial charge in [0.15, 0.2) is 0 Å². The fourth-order valence-electron chi connectivity index (χ4n) is 2.35. The maximum Gasteiger partial charge on any atom is 0.0406 e. The standard InChI is InChI=1S/C18H23ClN2/c1-4-18(15-7-9-16(19)10-8-15)20-13-14-5-11-17(12-6-14)21(2)3/h5-12,18,20H,4,13H2,1-3H3. The molecule has 0 fully saturated rings. The minimum Gasteiger partial charge on any atom is -0.378 e. The second-order valence-corrected chi connectivity index (χ2v) is 5.89. The van der Waals surface area contributed by atoms with Crippen LogP contribution in [0.15, 0.2) is 48.5 Å². The van der Waals surface area contributed by atoms with Gasteiger partial charge in [0.05, 0.1) is 0 Å². The van der Waals surface area contributed by atoms with E-state index < -0.39 is 0 Å². The van der Waals surface area contributed by atoms with Crippen molar-refractivity contribution in [1.82, 2.24) is 5.32 Å². The van der Waals surface area contributed by atoms with Crippen LogP contribution in [0, 0.1) is 0 Å². The van der Waals surface area contributed by atoms with Gasteiger partial charge in [-0.1, -0.05) is 42.8 Å². The van der Waals surface area contributed by atoms with Gasteiger partial charge in [-0.15, -0.1) is 0 Å². The van der Waals surface area contributed by atoms with Crippen molar-refractivity contribution in [2.24, 2.45) is 0 Å². The highest BCUT2D eigenvalue weighted by molar-refractivity contribution is 6.30. The maximum atomic E-state index is 5.95. The van der Waals surface area contributed by atoms with Gasteiger partial charge in [-0.3, -0.25) is 0 Å². The zero-order valence-electron chi connectivity index (χ0n) is 12.9. The third-order valence-corrected chi connectivity index (χ3v) is 3.94. The molecule has 0 aliphatic carbocycles. The molecule has 2 nitrogen and oxygen atoms in total. The van der Waals surface area contributed by atoms with E-state index in [0.717, 1.165) is 18.0 Å². The summed E-state index contributed by atoms with van der Waals surface area (Å²) in [5.74, 6) is 0. The number of nitrogens with one attached hydrogen (secondary N) is 1. The van der Waals surface area contributed by atoms with Crippen molar-refractivity contribution in [2.75, 3.05) is 19.0 Å². The van der Waals surface area contributed by atoms with Crippen LogP contribution in [0.1, 0.15) is 30.5 Å². The summed E-state index contributed by atoms with van der Waals surface area (Å²) < 4.78 is 0. The molecular formula is C18H23ClN2. The molecule has 0 aliphatic heterocycles. The monoisotopic (exact) mass is 302 g/mol. The van der Waals surface area contributed by atoms with Gasteiger partial charge >= 0.3 is 0 Å². The number of benzene rings is 2. The molecule has 0 saturated heterocycles. The molecule has 0 radical (unpaired) electrons. The van der Waals surface area contributed by atoms with Gasteiger partial charge in [-0.2, -0.15) is 0 Å². The smallest absolute Gasteiger partial charge is 0.0406 e. The first-order valence-corrected chi connectivity index (χ1v) is 7.73. The number of nitrogens with zero attached hydrogens (tertiary/aromatic N) is 1. The van der Waals surface area contributed by atoms with E-state index in [2.05, 4.69) is 67.6 Å². The number of hydrogen-bond acceptors (Lipinski definition) is 2. The summed E-state index contributed by atoms with van der Waals surface area (Å²) in [6, 6.07) is 17.1. The van der Waals surface area contributed by atoms with Gasteiger partial charge in [0, 0.05) is 37.4 Å². The first-order chi connectivity index (χ1) is 10.1. The fraction of sp³-hybridized carbons (Fsp3) is 0.333. The quantitative estimate of drug-likeness (QED) is 0.836.